The Morgan fingerprint density at radius 3 is 2.48 bits per heavy atom. The molecular weight excluding hydrogens is 322 g/mol. The van der Waals surface area contributed by atoms with E-state index < -0.39 is 6.55 Å². The minimum Gasteiger partial charge on any atom is -0.297 e. The Morgan fingerprint density at radius 1 is 1.12 bits per heavy atom. The van der Waals surface area contributed by atoms with Gasteiger partial charge in [-0.1, -0.05) is 42.0 Å². The average molecular weight is 346 g/mol. The first-order valence-electron chi connectivity index (χ1n) is 8.58. The Balaban J connectivity index is 1.49. The molecular formula is C19H24F2N4. The molecule has 0 spiro atoms. The summed E-state index contributed by atoms with van der Waals surface area (Å²) in [4.78, 5) is 8.66. The fourth-order valence-corrected chi connectivity index (χ4v) is 3.18. The molecule has 1 saturated heterocycles. The normalized spacial score (nSPS) is 17.4. The molecule has 4 nitrogen and oxygen atoms in total. The van der Waals surface area contributed by atoms with Crippen molar-refractivity contribution in [3.05, 3.63) is 59.7 Å². The second-order valence-corrected chi connectivity index (χ2v) is 6.48. The van der Waals surface area contributed by atoms with Crippen LogP contribution in [0.3, 0.4) is 0 Å². The summed E-state index contributed by atoms with van der Waals surface area (Å²) < 4.78 is 26.7. The highest BCUT2D eigenvalue weighted by Gasteiger charge is 2.20. The summed E-state index contributed by atoms with van der Waals surface area (Å²) in [6.45, 7) is 4.66. The summed E-state index contributed by atoms with van der Waals surface area (Å²) in [5.41, 5.74) is 2.55. The molecule has 0 aliphatic carbocycles. The predicted octanol–water partition coefficient (Wildman–Crippen LogP) is 3.50. The van der Waals surface area contributed by atoms with Gasteiger partial charge in [0.2, 0.25) is 0 Å². The molecule has 3 rings (SSSR count). The number of benzene rings is 1. The van der Waals surface area contributed by atoms with Crippen LogP contribution in [0.1, 0.15) is 24.9 Å². The zero-order valence-corrected chi connectivity index (χ0v) is 14.5. The van der Waals surface area contributed by atoms with Crippen LogP contribution in [-0.4, -0.2) is 52.1 Å². The van der Waals surface area contributed by atoms with Crippen molar-refractivity contribution in [3.8, 4) is 0 Å². The van der Waals surface area contributed by atoms with Crippen LogP contribution >= 0.6 is 0 Å². The average Bonchev–Trinajstić information content (AvgIpc) is 3.06. The van der Waals surface area contributed by atoms with Crippen molar-refractivity contribution in [2.45, 2.75) is 20.0 Å². The molecule has 1 aromatic carbocycles. The summed E-state index contributed by atoms with van der Waals surface area (Å²) in [7, 11) is 0. The highest BCUT2D eigenvalue weighted by Crippen LogP contribution is 2.15. The van der Waals surface area contributed by atoms with Gasteiger partial charge in [0.25, 0.3) is 0 Å². The molecule has 1 aromatic heterocycles. The summed E-state index contributed by atoms with van der Waals surface area (Å²) in [6, 6.07) is 10.3. The lowest BCUT2D eigenvalue weighted by Gasteiger charge is -2.34. The van der Waals surface area contributed by atoms with Gasteiger partial charge in [-0.15, -0.1) is 0 Å². The van der Waals surface area contributed by atoms with Crippen molar-refractivity contribution < 1.29 is 8.78 Å². The van der Waals surface area contributed by atoms with Gasteiger partial charge in [0.1, 0.15) is 5.82 Å². The molecule has 1 aliphatic rings. The van der Waals surface area contributed by atoms with Crippen molar-refractivity contribution in [1.29, 1.82) is 0 Å². The van der Waals surface area contributed by atoms with Crippen LogP contribution in [-0.2, 0) is 6.54 Å². The SMILES string of the molecule is C/C(=C\c1ccccc1)CN1CCN(Cc2nccn2C(F)F)CC1. The maximum absolute atomic E-state index is 12.9. The zero-order valence-electron chi connectivity index (χ0n) is 14.5. The Kier molecular flexibility index (Phi) is 5.94. The standard InChI is InChI=1S/C19H24F2N4/c1-16(13-17-5-3-2-4-6-17)14-23-9-11-24(12-10-23)15-18-22-7-8-25(18)19(20)21/h2-8,13,19H,9-12,14-15H2,1H3/b16-13+. The lowest BCUT2D eigenvalue weighted by molar-refractivity contribution is 0.0610. The topological polar surface area (TPSA) is 24.3 Å². The summed E-state index contributed by atoms with van der Waals surface area (Å²) in [6.07, 6.45) is 5.00. The van der Waals surface area contributed by atoms with Gasteiger partial charge in [-0.25, -0.2) is 4.98 Å². The monoisotopic (exact) mass is 346 g/mol. The van der Waals surface area contributed by atoms with Crippen molar-refractivity contribution in [1.82, 2.24) is 19.4 Å². The molecule has 25 heavy (non-hydrogen) atoms. The zero-order chi connectivity index (χ0) is 17.6. The van der Waals surface area contributed by atoms with Gasteiger partial charge in [0.15, 0.2) is 0 Å². The van der Waals surface area contributed by atoms with E-state index in [1.54, 1.807) is 0 Å². The summed E-state index contributed by atoms with van der Waals surface area (Å²) in [5, 5.41) is 0. The summed E-state index contributed by atoms with van der Waals surface area (Å²) >= 11 is 0. The minimum atomic E-state index is -2.52. The Bertz CT molecular complexity index is 688. The van der Waals surface area contributed by atoms with E-state index in [9.17, 15) is 8.78 Å². The van der Waals surface area contributed by atoms with E-state index in [1.165, 1.54) is 23.5 Å². The highest BCUT2D eigenvalue weighted by atomic mass is 19.3. The number of hydrogen-bond donors (Lipinski definition) is 0. The van der Waals surface area contributed by atoms with Crippen LogP contribution < -0.4 is 0 Å². The predicted molar refractivity (Wildman–Crippen MR) is 95.3 cm³/mol. The third-order valence-corrected chi connectivity index (χ3v) is 4.47. The quantitative estimate of drug-likeness (QED) is 0.800. The molecule has 0 saturated carbocycles. The second-order valence-electron chi connectivity index (χ2n) is 6.48. The molecule has 0 amide bonds. The first-order chi connectivity index (χ1) is 12.1. The third kappa shape index (κ3) is 4.96. The maximum Gasteiger partial charge on any atom is 0.319 e. The van der Waals surface area contributed by atoms with Gasteiger partial charge in [0.05, 0.1) is 6.54 Å². The summed E-state index contributed by atoms with van der Waals surface area (Å²) in [5.74, 6) is 0.434. The van der Waals surface area contributed by atoms with Crippen molar-refractivity contribution in [3.63, 3.8) is 0 Å². The van der Waals surface area contributed by atoms with E-state index in [2.05, 4.69) is 39.9 Å². The van der Waals surface area contributed by atoms with Crippen LogP contribution in [0.25, 0.3) is 6.08 Å². The van der Waals surface area contributed by atoms with E-state index in [4.69, 9.17) is 0 Å². The Hall–Kier alpha value is -2.05. The van der Waals surface area contributed by atoms with E-state index in [0.29, 0.717) is 12.4 Å². The molecule has 2 heterocycles. The minimum absolute atomic E-state index is 0.434. The maximum atomic E-state index is 12.9. The first kappa shape index (κ1) is 17.8. The number of piperazine rings is 1. The molecule has 0 bridgehead atoms. The van der Waals surface area contributed by atoms with E-state index in [0.717, 1.165) is 37.3 Å². The number of imidazole rings is 1. The highest BCUT2D eigenvalue weighted by molar-refractivity contribution is 5.52. The fraction of sp³-hybridized carbons (Fsp3) is 0.421. The van der Waals surface area contributed by atoms with Crippen LogP contribution in [0, 0.1) is 0 Å². The molecule has 6 heteroatoms. The van der Waals surface area contributed by atoms with Crippen LogP contribution in [0.2, 0.25) is 0 Å². The van der Waals surface area contributed by atoms with E-state index in [-0.39, 0.29) is 0 Å². The lowest BCUT2D eigenvalue weighted by Crippen LogP contribution is -2.46. The number of hydrogen-bond acceptors (Lipinski definition) is 3. The molecule has 1 fully saturated rings. The Labute approximate surface area is 147 Å². The fourth-order valence-electron chi connectivity index (χ4n) is 3.18. The molecule has 0 unspecified atom stereocenters. The van der Waals surface area contributed by atoms with Gasteiger partial charge in [-0.05, 0) is 12.5 Å². The largest absolute Gasteiger partial charge is 0.319 e. The van der Waals surface area contributed by atoms with Crippen LogP contribution in [0.15, 0.2) is 48.3 Å². The van der Waals surface area contributed by atoms with E-state index in [1.807, 2.05) is 18.2 Å². The van der Waals surface area contributed by atoms with Gasteiger partial charge >= 0.3 is 6.55 Å². The molecule has 2 aromatic rings. The van der Waals surface area contributed by atoms with Gasteiger partial charge in [0, 0.05) is 45.1 Å². The molecule has 1 aliphatic heterocycles. The number of alkyl halides is 2. The molecule has 0 radical (unpaired) electrons. The van der Waals surface area contributed by atoms with Crippen molar-refractivity contribution in [2.75, 3.05) is 32.7 Å². The molecule has 0 atom stereocenters. The Morgan fingerprint density at radius 2 is 1.80 bits per heavy atom. The van der Waals surface area contributed by atoms with E-state index >= 15 is 0 Å². The van der Waals surface area contributed by atoms with Gasteiger partial charge in [-0.3, -0.25) is 14.4 Å². The van der Waals surface area contributed by atoms with Gasteiger partial charge < -0.3 is 0 Å². The van der Waals surface area contributed by atoms with Crippen molar-refractivity contribution >= 4 is 6.08 Å². The van der Waals surface area contributed by atoms with Gasteiger partial charge in [-0.2, -0.15) is 8.78 Å². The lowest BCUT2D eigenvalue weighted by atomic mass is 10.1. The second kappa shape index (κ2) is 8.36. The number of halogens is 2. The van der Waals surface area contributed by atoms with Crippen LogP contribution in [0.5, 0.6) is 0 Å². The molecule has 0 N–H and O–H groups in total. The number of nitrogens with zero attached hydrogens (tertiary/aromatic N) is 4. The first-order valence-corrected chi connectivity index (χ1v) is 8.58. The third-order valence-electron chi connectivity index (χ3n) is 4.47. The smallest absolute Gasteiger partial charge is 0.297 e. The van der Waals surface area contributed by atoms with Crippen LogP contribution in [0.4, 0.5) is 8.78 Å². The van der Waals surface area contributed by atoms with Crippen molar-refractivity contribution in [2.24, 2.45) is 0 Å². The number of aromatic nitrogens is 2. The molecule has 134 valence electrons. The number of rotatable bonds is 6.